The van der Waals surface area contributed by atoms with Gasteiger partial charge in [-0.2, -0.15) is 0 Å². The predicted octanol–water partition coefficient (Wildman–Crippen LogP) is 6.83. The second-order valence-corrected chi connectivity index (χ2v) is 9.04. The van der Waals surface area contributed by atoms with Crippen LogP contribution in [0.15, 0.2) is 91.3 Å². The highest BCUT2D eigenvalue weighted by molar-refractivity contribution is 5.94. The van der Waals surface area contributed by atoms with Crippen LogP contribution >= 0.6 is 0 Å². The number of aryl methyl sites for hydroxylation is 1. The number of nitrogens with one attached hydrogen (secondary N) is 2. The van der Waals surface area contributed by atoms with Crippen molar-refractivity contribution in [2.45, 2.75) is 13.3 Å². The van der Waals surface area contributed by atoms with E-state index in [1.807, 2.05) is 36.5 Å². The van der Waals surface area contributed by atoms with Gasteiger partial charge in [0.25, 0.3) is 0 Å². The average molecular weight is 486 g/mol. The first-order valence-electron chi connectivity index (χ1n) is 12.3. The number of imidazole rings is 1. The Morgan fingerprint density at radius 3 is 2.46 bits per heavy atom. The van der Waals surface area contributed by atoms with Gasteiger partial charge >= 0.3 is 0 Å². The Labute approximate surface area is 215 Å². The number of pyridine rings is 2. The zero-order chi connectivity index (χ0) is 25.4. The Bertz CT molecular complexity index is 1720. The maximum atomic E-state index is 6.00. The van der Waals surface area contributed by atoms with Crippen molar-refractivity contribution in [1.82, 2.24) is 19.9 Å². The summed E-state index contributed by atoms with van der Waals surface area (Å²) >= 11 is 0. The third kappa shape index (κ3) is 4.43. The lowest BCUT2D eigenvalue weighted by Crippen LogP contribution is -2.09. The topological polar surface area (TPSA) is 95.8 Å². The van der Waals surface area contributed by atoms with Crippen molar-refractivity contribution in [1.29, 1.82) is 0 Å². The number of aromatic nitrogens is 4. The molecule has 0 spiro atoms. The van der Waals surface area contributed by atoms with Crippen LogP contribution < -0.4 is 16.0 Å². The summed E-state index contributed by atoms with van der Waals surface area (Å²) in [4.78, 5) is 19.3. The maximum Gasteiger partial charge on any atom is 0.138 e. The normalized spacial score (nSPS) is 11.2. The van der Waals surface area contributed by atoms with Crippen LogP contribution in [0.4, 0.5) is 28.4 Å². The number of nitrogen functional groups attached to an aromatic ring is 1. The second kappa shape index (κ2) is 9.28. The van der Waals surface area contributed by atoms with E-state index in [2.05, 4.69) is 87.7 Å². The van der Waals surface area contributed by atoms with Gasteiger partial charge in [-0.3, -0.25) is 9.97 Å². The van der Waals surface area contributed by atoms with Gasteiger partial charge < -0.3 is 20.9 Å². The molecule has 0 aliphatic rings. The van der Waals surface area contributed by atoms with Crippen LogP contribution in [-0.2, 0) is 6.42 Å². The first-order chi connectivity index (χ1) is 18.1. The minimum atomic E-state index is 0.713. The van der Waals surface area contributed by atoms with Crippen LogP contribution in [0.5, 0.6) is 0 Å². The van der Waals surface area contributed by atoms with Crippen LogP contribution in [0.2, 0.25) is 0 Å². The molecule has 3 heterocycles. The molecule has 3 aromatic heterocycles. The Hall–Kier alpha value is -4.91. The molecule has 0 amide bonds. The van der Waals surface area contributed by atoms with Gasteiger partial charge in [-0.05, 0) is 85.3 Å². The molecule has 0 bridgehead atoms. The number of nitrogens with two attached hydrogens (primary N) is 1. The molecule has 0 aliphatic carbocycles. The van der Waals surface area contributed by atoms with Crippen molar-refractivity contribution >= 4 is 50.4 Å². The summed E-state index contributed by atoms with van der Waals surface area (Å²) in [7, 11) is 2.07. The van der Waals surface area contributed by atoms with Gasteiger partial charge in [0.2, 0.25) is 0 Å². The molecule has 7 heteroatoms. The van der Waals surface area contributed by atoms with E-state index in [4.69, 9.17) is 10.7 Å². The predicted molar refractivity (Wildman–Crippen MR) is 153 cm³/mol. The molecular formula is C30H27N7. The lowest BCUT2D eigenvalue weighted by Gasteiger charge is -2.19. The Morgan fingerprint density at radius 1 is 0.838 bits per heavy atom. The minimum Gasteiger partial charge on any atom is -0.399 e. The largest absolute Gasteiger partial charge is 0.399 e. The molecule has 0 unspecified atom stereocenters. The quantitative estimate of drug-likeness (QED) is 0.224. The van der Waals surface area contributed by atoms with Crippen molar-refractivity contribution in [3.8, 4) is 11.4 Å². The zero-order valence-electron chi connectivity index (χ0n) is 20.7. The lowest BCUT2D eigenvalue weighted by molar-refractivity contribution is 1.03. The molecule has 6 rings (SSSR count). The molecule has 0 fully saturated rings. The SMILES string of the molecule is CCc1cc(N(C)c2ccc3nc(-c4ccc(Nc5ccnc6ccc(N)cc56)cc4)[nH]c3c2)ccn1. The van der Waals surface area contributed by atoms with Crippen molar-refractivity contribution in [3.05, 3.63) is 97.0 Å². The molecule has 0 aliphatic heterocycles. The Balaban J connectivity index is 1.25. The van der Waals surface area contributed by atoms with E-state index >= 15 is 0 Å². The van der Waals surface area contributed by atoms with Crippen LogP contribution in [0, 0.1) is 0 Å². The average Bonchev–Trinajstić information content (AvgIpc) is 3.37. The summed E-state index contributed by atoms with van der Waals surface area (Å²) in [6.45, 7) is 2.12. The summed E-state index contributed by atoms with van der Waals surface area (Å²) in [5.41, 5.74) is 15.8. The molecule has 0 saturated carbocycles. The van der Waals surface area contributed by atoms with Gasteiger partial charge in [0.15, 0.2) is 0 Å². The highest BCUT2D eigenvalue weighted by Crippen LogP contribution is 2.30. The van der Waals surface area contributed by atoms with Gasteiger partial charge in [0, 0.05) is 64.5 Å². The highest BCUT2D eigenvalue weighted by atomic mass is 15.1. The Kier molecular flexibility index (Phi) is 5.65. The number of fused-ring (bicyclic) bond motifs is 2. The monoisotopic (exact) mass is 485 g/mol. The molecule has 182 valence electrons. The number of rotatable bonds is 6. The first kappa shape index (κ1) is 22.5. The van der Waals surface area contributed by atoms with E-state index in [0.29, 0.717) is 5.69 Å². The fourth-order valence-corrected chi connectivity index (χ4v) is 4.50. The van der Waals surface area contributed by atoms with Crippen LogP contribution in [0.25, 0.3) is 33.3 Å². The van der Waals surface area contributed by atoms with Gasteiger partial charge in [-0.25, -0.2) is 4.98 Å². The molecule has 0 saturated heterocycles. The van der Waals surface area contributed by atoms with E-state index in [9.17, 15) is 0 Å². The molecule has 6 aromatic rings. The van der Waals surface area contributed by atoms with E-state index < -0.39 is 0 Å². The van der Waals surface area contributed by atoms with Crippen LogP contribution in [0.3, 0.4) is 0 Å². The minimum absolute atomic E-state index is 0.713. The number of aromatic amines is 1. The molecule has 0 atom stereocenters. The third-order valence-electron chi connectivity index (χ3n) is 6.61. The first-order valence-corrected chi connectivity index (χ1v) is 12.3. The van der Waals surface area contributed by atoms with Gasteiger partial charge in [0.05, 0.1) is 16.6 Å². The fraction of sp³-hybridized carbons (Fsp3) is 0.100. The molecule has 3 aromatic carbocycles. The van der Waals surface area contributed by atoms with Gasteiger partial charge in [-0.1, -0.05) is 6.92 Å². The van der Waals surface area contributed by atoms with Crippen LogP contribution in [-0.4, -0.2) is 27.0 Å². The second-order valence-electron chi connectivity index (χ2n) is 9.04. The summed E-state index contributed by atoms with van der Waals surface area (Å²) in [6.07, 6.45) is 4.57. The standard InChI is InChI=1S/C30H27N7/c1-3-21-17-24(12-14-32-21)37(2)23-9-11-28-29(18-23)36-30(35-28)19-4-7-22(8-5-19)34-27-13-15-33-26-10-6-20(31)16-25(26)27/h4-18H,3,31H2,1-2H3,(H,33,34)(H,35,36). The van der Waals surface area contributed by atoms with Crippen molar-refractivity contribution in [2.75, 3.05) is 23.0 Å². The molecular weight excluding hydrogens is 458 g/mol. The van der Waals surface area contributed by atoms with E-state index in [1.165, 1.54) is 0 Å². The summed E-state index contributed by atoms with van der Waals surface area (Å²) < 4.78 is 0. The zero-order valence-corrected chi connectivity index (χ0v) is 20.7. The van der Waals surface area contributed by atoms with E-state index in [1.54, 1.807) is 6.20 Å². The summed E-state index contributed by atoms with van der Waals surface area (Å²) in [5, 5.41) is 4.48. The number of hydrogen-bond donors (Lipinski definition) is 3. The summed E-state index contributed by atoms with van der Waals surface area (Å²) in [5.74, 6) is 0.834. The van der Waals surface area contributed by atoms with Crippen molar-refractivity contribution in [2.24, 2.45) is 0 Å². The number of H-pyrrole nitrogens is 1. The number of hydrogen-bond acceptors (Lipinski definition) is 6. The highest BCUT2D eigenvalue weighted by Gasteiger charge is 2.10. The van der Waals surface area contributed by atoms with Gasteiger partial charge in [0.1, 0.15) is 5.82 Å². The third-order valence-corrected chi connectivity index (χ3v) is 6.61. The smallest absolute Gasteiger partial charge is 0.138 e. The number of benzene rings is 3. The maximum absolute atomic E-state index is 6.00. The van der Waals surface area contributed by atoms with Gasteiger partial charge in [-0.15, -0.1) is 0 Å². The molecule has 4 N–H and O–H groups in total. The number of anilines is 5. The molecule has 7 nitrogen and oxygen atoms in total. The van der Waals surface area contributed by atoms with Crippen molar-refractivity contribution in [3.63, 3.8) is 0 Å². The molecule has 37 heavy (non-hydrogen) atoms. The molecule has 0 radical (unpaired) electrons. The number of nitrogens with zero attached hydrogens (tertiary/aromatic N) is 4. The van der Waals surface area contributed by atoms with E-state index in [0.717, 1.165) is 68.2 Å². The van der Waals surface area contributed by atoms with Crippen molar-refractivity contribution < 1.29 is 0 Å². The Morgan fingerprint density at radius 2 is 1.62 bits per heavy atom. The summed E-state index contributed by atoms with van der Waals surface area (Å²) in [6, 6.07) is 26.4. The van der Waals surface area contributed by atoms with Crippen LogP contribution in [0.1, 0.15) is 12.6 Å². The lowest BCUT2D eigenvalue weighted by atomic mass is 10.1. The fourth-order valence-electron chi connectivity index (χ4n) is 4.50. The van der Waals surface area contributed by atoms with E-state index in [-0.39, 0.29) is 0 Å².